The molecule has 0 unspecified atom stereocenters. The van der Waals surface area contributed by atoms with Crippen LogP contribution in [0.15, 0.2) is 18.3 Å². The van der Waals surface area contributed by atoms with Crippen LogP contribution < -0.4 is 19.9 Å². The average Bonchev–Trinajstić information content (AvgIpc) is 2.96. The van der Waals surface area contributed by atoms with Crippen LogP contribution in [-0.2, 0) is 6.42 Å². The first-order chi connectivity index (χ1) is 10.7. The van der Waals surface area contributed by atoms with Gasteiger partial charge in [0.05, 0.1) is 19.8 Å². The minimum atomic E-state index is -0.354. The summed E-state index contributed by atoms with van der Waals surface area (Å²) >= 11 is 0. The van der Waals surface area contributed by atoms with E-state index in [1.165, 1.54) is 32.5 Å². The molecule has 1 aliphatic heterocycles. The maximum absolute atomic E-state index is 13.9. The summed E-state index contributed by atoms with van der Waals surface area (Å²) in [5.41, 5.74) is 7.52. The van der Waals surface area contributed by atoms with Gasteiger partial charge in [-0.2, -0.15) is 4.98 Å². The van der Waals surface area contributed by atoms with Crippen molar-refractivity contribution in [1.29, 1.82) is 0 Å². The molecule has 1 aromatic carbocycles. The molecule has 2 heterocycles. The lowest BCUT2D eigenvalue weighted by atomic mass is 10.0. The van der Waals surface area contributed by atoms with Gasteiger partial charge in [-0.1, -0.05) is 0 Å². The fourth-order valence-electron chi connectivity index (χ4n) is 2.52. The fraction of sp³-hybridized carbons (Fsp3) is 0.333. The van der Waals surface area contributed by atoms with Crippen LogP contribution >= 0.6 is 0 Å². The molecule has 1 aromatic heterocycles. The zero-order chi connectivity index (χ0) is 15.7. The number of fused-ring (bicyclic) bond motifs is 1. The van der Waals surface area contributed by atoms with E-state index in [0.29, 0.717) is 35.7 Å². The molecule has 6 nitrogen and oxygen atoms in total. The molecule has 2 aromatic rings. The molecule has 22 heavy (non-hydrogen) atoms. The van der Waals surface area contributed by atoms with Crippen molar-refractivity contribution in [3.63, 3.8) is 0 Å². The number of ether oxygens (including phenoxy) is 3. The second-order valence-electron chi connectivity index (χ2n) is 4.90. The van der Waals surface area contributed by atoms with Gasteiger partial charge in [0, 0.05) is 30.3 Å². The first-order valence-corrected chi connectivity index (χ1v) is 6.80. The largest absolute Gasteiger partial charge is 0.488 e. The van der Waals surface area contributed by atoms with Gasteiger partial charge in [-0.25, -0.2) is 9.37 Å². The summed E-state index contributed by atoms with van der Waals surface area (Å²) in [7, 11) is 2.94. The summed E-state index contributed by atoms with van der Waals surface area (Å²) in [6.45, 7) is 0.367. The first-order valence-electron chi connectivity index (χ1n) is 6.80. The predicted octanol–water partition coefficient (Wildman–Crippen LogP) is 1.56. The van der Waals surface area contributed by atoms with Crippen LogP contribution in [0.5, 0.6) is 17.6 Å². The third kappa shape index (κ3) is 2.43. The van der Waals surface area contributed by atoms with Crippen molar-refractivity contribution in [2.24, 2.45) is 5.73 Å². The highest BCUT2D eigenvalue weighted by Gasteiger charge is 2.27. The van der Waals surface area contributed by atoms with E-state index in [0.717, 1.165) is 5.56 Å². The Balaban J connectivity index is 2.14. The first kappa shape index (κ1) is 14.5. The molecular formula is C15H16FN3O3. The van der Waals surface area contributed by atoms with Crippen molar-refractivity contribution in [2.75, 3.05) is 20.8 Å². The molecule has 0 saturated carbocycles. The number of halogens is 1. The van der Waals surface area contributed by atoms with Gasteiger partial charge >= 0.3 is 6.01 Å². The third-order valence-corrected chi connectivity index (χ3v) is 3.52. The van der Waals surface area contributed by atoms with Crippen molar-refractivity contribution in [3.8, 4) is 28.8 Å². The Kier molecular flexibility index (Phi) is 3.81. The third-order valence-electron chi connectivity index (χ3n) is 3.52. The zero-order valence-electron chi connectivity index (χ0n) is 12.3. The number of hydrogen-bond donors (Lipinski definition) is 1. The van der Waals surface area contributed by atoms with E-state index in [9.17, 15) is 4.39 Å². The Morgan fingerprint density at radius 1 is 1.32 bits per heavy atom. The van der Waals surface area contributed by atoms with Crippen LogP contribution in [0.2, 0.25) is 0 Å². The molecule has 1 aliphatic rings. The summed E-state index contributed by atoms with van der Waals surface area (Å²) < 4.78 is 30.0. The molecule has 0 amide bonds. The standard InChI is InChI=1S/C15H16FN3O3/c1-20-14-12(7-18-15(19-14)21-2)11-5-9(16)3-8-4-10(6-17)22-13(8)11/h3,5,7,10H,4,6,17H2,1-2H3/t10-/m1/s1. The summed E-state index contributed by atoms with van der Waals surface area (Å²) in [5.74, 6) is 0.538. The van der Waals surface area contributed by atoms with Gasteiger partial charge in [-0.05, 0) is 12.1 Å². The summed E-state index contributed by atoms with van der Waals surface area (Å²) in [4.78, 5) is 8.18. The van der Waals surface area contributed by atoms with Crippen molar-refractivity contribution in [3.05, 3.63) is 29.7 Å². The van der Waals surface area contributed by atoms with Gasteiger partial charge in [-0.3, -0.25) is 0 Å². The van der Waals surface area contributed by atoms with Gasteiger partial charge in [0.2, 0.25) is 5.88 Å². The Bertz CT molecular complexity index is 709. The maximum atomic E-state index is 13.9. The summed E-state index contributed by atoms with van der Waals surface area (Å²) in [5, 5.41) is 0. The Morgan fingerprint density at radius 3 is 2.82 bits per heavy atom. The molecule has 0 aliphatic carbocycles. The highest BCUT2D eigenvalue weighted by molar-refractivity contribution is 5.76. The highest BCUT2D eigenvalue weighted by atomic mass is 19.1. The molecule has 0 radical (unpaired) electrons. The van der Waals surface area contributed by atoms with Crippen LogP contribution in [0.25, 0.3) is 11.1 Å². The van der Waals surface area contributed by atoms with E-state index < -0.39 is 0 Å². The van der Waals surface area contributed by atoms with Crippen molar-refractivity contribution < 1.29 is 18.6 Å². The van der Waals surface area contributed by atoms with Crippen molar-refractivity contribution >= 4 is 0 Å². The maximum Gasteiger partial charge on any atom is 0.319 e. The molecule has 1 atom stereocenters. The SMILES string of the molecule is COc1ncc(-c2cc(F)cc3c2O[C@@H](CN)C3)c(OC)n1. The Labute approximate surface area is 127 Å². The van der Waals surface area contributed by atoms with Gasteiger partial charge in [0.25, 0.3) is 0 Å². The van der Waals surface area contributed by atoms with E-state index in [2.05, 4.69) is 9.97 Å². The van der Waals surface area contributed by atoms with E-state index in [1.54, 1.807) is 0 Å². The number of nitrogens with two attached hydrogens (primary N) is 1. The number of hydrogen-bond acceptors (Lipinski definition) is 6. The predicted molar refractivity (Wildman–Crippen MR) is 77.7 cm³/mol. The van der Waals surface area contributed by atoms with E-state index in [1.807, 2.05) is 0 Å². The Hall–Kier alpha value is -2.41. The monoisotopic (exact) mass is 305 g/mol. The lowest BCUT2D eigenvalue weighted by molar-refractivity contribution is 0.242. The Morgan fingerprint density at radius 2 is 2.14 bits per heavy atom. The minimum absolute atomic E-state index is 0.152. The van der Waals surface area contributed by atoms with Crippen LogP contribution in [-0.4, -0.2) is 36.8 Å². The number of rotatable bonds is 4. The normalized spacial score (nSPS) is 16.1. The number of benzene rings is 1. The molecule has 0 bridgehead atoms. The molecule has 3 rings (SSSR count). The van der Waals surface area contributed by atoms with Gasteiger partial charge < -0.3 is 19.9 Å². The molecule has 116 valence electrons. The van der Waals surface area contributed by atoms with Gasteiger partial charge in [-0.15, -0.1) is 0 Å². The highest BCUT2D eigenvalue weighted by Crippen LogP contribution is 2.42. The van der Waals surface area contributed by atoms with Crippen LogP contribution in [0.4, 0.5) is 4.39 Å². The number of nitrogens with zero attached hydrogens (tertiary/aromatic N) is 2. The molecule has 0 spiro atoms. The number of methoxy groups -OCH3 is 2. The second-order valence-corrected chi connectivity index (χ2v) is 4.90. The van der Waals surface area contributed by atoms with E-state index in [4.69, 9.17) is 19.9 Å². The van der Waals surface area contributed by atoms with Crippen LogP contribution in [0.1, 0.15) is 5.56 Å². The zero-order valence-corrected chi connectivity index (χ0v) is 12.3. The molecule has 0 saturated heterocycles. The summed E-state index contributed by atoms with van der Waals surface area (Å²) in [6.07, 6.45) is 1.95. The fourth-order valence-corrected chi connectivity index (χ4v) is 2.52. The quantitative estimate of drug-likeness (QED) is 0.923. The second kappa shape index (κ2) is 5.76. The van der Waals surface area contributed by atoms with Crippen molar-refractivity contribution in [1.82, 2.24) is 9.97 Å². The van der Waals surface area contributed by atoms with Crippen molar-refractivity contribution in [2.45, 2.75) is 12.5 Å². The molecule has 0 fully saturated rings. The number of aromatic nitrogens is 2. The van der Waals surface area contributed by atoms with Crippen LogP contribution in [0, 0.1) is 5.82 Å². The lowest BCUT2D eigenvalue weighted by Gasteiger charge is -2.13. The van der Waals surface area contributed by atoms with Crippen LogP contribution in [0.3, 0.4) is 0 Å². The summed E-state index contributed by atoms with van der Waals surface area (Å²) in [6, 6.07) is 3.02. The van der Waals surface area contributed by atoms with Gasteiger partial charge in [0.1, 0.15) is 17.7 Å². The smallest absolute Gasteiger partial charge is 0.319 e. The molecule has 7 heteroatoms. The van der Waals surface area contributed by atoms with Gasteiger partial charge in [0.15, 0.2) is 0 Å². The lowest BCUT2D eigenvalue weighted by Crippen LogP contribution is -2.24. The van der Waals surface area contributed by atoms with E-state index in [-0.39, 0.29) is 17.9 Å². The topological polar surface area (TPSA) is 79.5 Å². The molecular weight excluding hydrogens is 289 g/mol. The minimum Gasteiger partial charge on any atom is -0.488 e. The van der Waals surface area contributed by atoms with E-state index >= 15 is 0 Å². The molecule has 2 N–H and O–H groups in total. The average molecular weight is 305 g/mol.